The van der Waals surface area contributed by atoms with Gasteiger partial charge in [-0.3, -0.25) is 10.1 Å². The highest BCUT2D eigenvalue weighted by Crippen LogP contribution is 2.29. The predicted molar refractivity (Wildman–Crippen MR) is 123 cm³/mol. The van der Waals surface area contributed by atoms with Gasteiger partial charge in [-0.15, -0.1) is 0 Å². The van der Waals surface area contributed by atoms with Crippen LogP contribution in [0.15, 0.2) is 47.4 Å². The number of carbonyl (C=O) groups excluding carboxylic acids is 1. The van der Waals surface area contributed by atoms with Gasteiger partial charge in [-0.1, -0.05) is 44.2 Å². The lowest BCUT2D eigenvalue weighted by atomic mass is 10.1. The Morgan fingerprint density at radius 1 is 1.03 bits per heavy atom. The minimum absolute atomic E-state index is 0.235. The van der Waals surface area contributed by atoms with E-state index in [9.17, 15) is 13.2 Å². The fraction of sp³-hybridized carbons (Fsp3) is 0.364. The summed E-state index contributed by atoms with van der Waals surface area (Å²) >= 11 is 1.27. The second-order valence-electron chi connectivity index (χ2n) is 7.06. The van der Waals surface area contributed by atoms with E-state index in [0.717, 1.165) is 24.0 Å². The average Bonchev–Trinajstić information content (AvgIpc) is 3.15. The largest absolute Gasteiger partial charge is 0.298 e. The Balaban J connectivity index is 1.84. The smallest absolute Gasteiger partial charge is 0.257 e. The normalized spacial score (nSPS) is 11.9. The summed E-state index contributed by atoms with van der Waals surface area (Å²) in [5, 5.41) is 3.26. The zero-order valence-corrected chi connectivity index (χ0v) is 19.1. The molecule has 0 fully saturated rings. The van der Waals surface area contributed by atoms with Gasteiger partial charge in [-0.2, -0.15) is 4.31 Å². The number of rotatable bonds is 9. The average molecular weight is 446 g/mol. The fourth-order valence-corrected chi connectivity index (χ4v) is 5.81. The Bertz CT molecular complexity index is 1120. The van der Waals surface area contributed by atoms with Crippen LogP contribution in [0.5, 0.6) is 0 Å². The van der Waals surface area contributed by atoms with Gasteiger partial charge in [0.25, 0.3) is 5.91 Å². The molecule has 8 heteroatoms. The molecule has 3 aromatic rings. The summed E-state index contributed by atoms with van der Waals surface area (Å²) in [4.78, 5) is 17.2. The summed E-state index contributed by atoms with van der Waals surface area (Å²) in [7, 11) is -3.56. The van der Waals surface area contributed by atoms with Crippen LogP contribution in [0, 0.1) is 0 Å². The number of thiazole rings is 1. The van der Waals surface area contributed by atoms with E-state index in [1.165, 1.54) is 21.2 Å². The van der Waals surface area contributed by atoms with Gasteiger partial charge in [-0.25, -0.2) is 13.4 Å². The van der Waals surface area contributed by atoms with Crippen molar-refractivity contribution in [3.63, 3.8) is 0 Å². The van der Waals surface area contributed by atoms with Gasteiger partial charge >= 0.3 is 0 Å². The molecule has 0 aliphatic carbocycles. The molecule has 1 amide bonds. The van der Waals surface area contributed by atoms with Crippen molar-refractivity contribution in [1.82, 2.24) is 9.29 Å². The standard InChI is InChI=1S/C22H27N3O3S2/c1-4-13-25(14-5-2)30(27,28)18-11-12-19-20(15-18)29-22(23-19)24-21(26)17-9-7-16(6-3)8-10-17/h7-12,15H,4-6,13-14H2,1-3H3,(H,23,24,26). The Kier molecular flexibility index (Phi) is 7.23. The van der Waals surface area contributed by atoms with Gasteiger partial charge < -0.3 is 0 Å². The number of aromatic nitrogens is 1. The minimum Gasteiger partial charge on any atom is -0.298 e. The molecule has 160 valence electrons. The van der Waals surface area contributed by atoms with E-state index >= 15 is 0 Å². The van der Waals surface area contributed by atoms with Crippen molar-refractivity contribution < 1.29 is 13.2 Å². The van der Waals surface area contributed by atoms with E-state index in [1.807, 2.05) is 26.0 Å². The maximum absolute atomic E-state index is 13.0. The molecule has 1 N–H and O–H groups in total. The lowest BCUT2D eigenvalue weighted by Crippen LogP contribution is -2.32. The highest BCUT2D eigenvalue weighted by Gasteiger charge is 2.24. The molecule has 0 bridgehead atoms. The number of fused-ring (bicyclic) bond motifs is 1. The number of benzene rings is 2. The molecule has 0 unspecified atom stereocenters. The summed E-state index contributed by atoms with van der Waals surface area (Å²) in [5.74, 6) is -0.235. The number of amides is 1. The first kappa shape index (κ1) is 22.4. The molecule has 0 aliphatic heterocycles. The van der Waals surface area contributed by atoms with Crippen molar-refractivity contribution >= 4 is 42.6 Å². The molecule has 6 nitrogen and oxygen atoms in total. The van der Waals surface area contributed by atoms with Gasteiger partial charge in [0.1, 0.15) is 0 Å². The first-order valence-corrected chi connectivity index (χ1v) is 12.5. The number of nitrogens with zero attached hydrogens (tertiary/aromatic N) is 2. The van der Waals surface area contributed by atoms with E-state index in [4.69, 9.17) is 0 Å². The molecular weight excluding hydrogens is 418 g/mol. The van der Waals surface area contributed by atoms with E-state index in [2.05, 4.69) is 17.2 Å². The van der Waals surface area contributed by atoms with E-state index in [0.29, 0.717) is 29.3 Å². The number of hydrogen-bond donors (Lipinski definition) is 1. The van der Waals surface area contributed by atoms with Crippen molar-refractivity contribution in [2.75, 3.05) is 18.4 Å². The first-order chi connectivity index (χ1) is 14.4. The molecule has 0 spiro atoms. The summed E-state index contributed by atoms with van der Waals surface area (Å²) in [6.45, 7) is 6.99. The molecule has 0 saturated carbocycles. The van der Waals surface area contributed by atoms with E-state index in [-0.39, 0.29) is 10.8 Å². The van der Waals surface area contributed by atoms with E-state index in [1.54, 1.807) is 30.3 Å². The van der Waals surface area contributed by atoms with Crippen LogP contribution >= 0.6 is 11.3 Å². The fourth-order valence-electron chi connectivity index (χ4n) is 3.18. The predicted octanol–water partition coefficient (Wildman–Crippen LogP) is 4.92. The molecule has 3 rings (SSSR count). The molecule has 1 aromatic heterocycles. The van der Waals surface area contributed by atoms with Crippen LogP contribution in [-0.2, 0) is 16.4 Å². The molecule has 0 radical (unpaired) electrons. The van der Waals surface area contributed by atoms with Crippen molar-refractivity contribution in [1.29, 1.82) is 0 Å². The van der Waals surface area contributed by atoms with Crippen LogP contribution in [0.3, 0.4) is 0 Å². The molecule has 30 heavy (non-hydrogen) atoms. The summed E-state index contributed by atoms with van der Waals surface area (Å²) in [6.07, 6.45) is 2.44. The topological polar surface area (TPSA) is 79.4 Å². The van der Waals surface area contributed by atoms with Crippen LogP contribution < -0.4 is 5.32 Å². The quantitative estimate of drug-likeness (QED) is 0.507. The monoisotopic (exact) mass is 445 g/mol. The van der Waals surface area contributed by atoms with Gasteiger partial charge in [0.15, 0.2) is 5.13 Å². The zero-order valence-electron chi connectivity index (χ0n) is 17.5. The second-order valence-corrected chi connectivity index (χ2v) is 10.0. The van der Waals surface area contributed by atoms with Gasteiger partial charge in [0, 0.05) is 18.7 Å². The Hall–Kier alpha value is -2.29. The maximum atomic E-state index is 13.0. The number of aryl methyl sites for hydroxylation is 1. The number of carbonyl (C=O) groups is 1. The van der Waals surface area contributed by atoms with E-state index < -0.39 is 10.0 Å². The van der Waals surface area contributed by atoms with Gasteiger partial charge in [0.2, 0.25) is 10.0 Å². The molecular formula is C22H27N3O3S2. The van der Waals surface area contributed by atoms with Crippen molar-refractivity contribution in [2.24, 2.45) is 0 Å². The van der Waals surface area contributed by atoms with Crippen molar-refractivity contribution in [3.05, 3.63) is 53.6 Å². The number of hydrogen-bond acceptors (Lipinski definition) is 5. The third-order valence-electron chi connectivity index (χ3n) is 4.79. The second kappa shape index (κ2) is 9.68. The van der Waals surface area contributed by atoms with Crippen molar-refractivity contribution in [2.45, 2.75) is 44.9 Å². The highest BCUT2D eigenvalue weighted by atomic mass is 32.2. The SMILES string of the molecule is CCCN(CCC)S(=O)(=O)c1ccc2nc(NC(=O)c3ccc(CC)cc3)sc2c1. The third kappa shape index (κ3) is 4.88. The summed E-state index contributed by atoms with van der Waals surface area (Å²) in [6, 6.07) is 12.4. The molecule has 1 heterocycles. The Morgan fingerprint density at radius 2 is 1.70 bits per heavy atom. The van der Waals surface area contributed by atoms with Crippen LogP contribution in [-0.4, -0.2) is 36.7 Å². The minimum atomic E-state index is -3.56. The third-order valence-corrected chi connectivity index (χ3v) is 7.62. The molecule has 0 aliphatic rings. The summed E-state index contributed by atoms with van der Waals surface area (Å²) in [5.41, 5.74) is 2.39. The van der Waals surface area contributed by atoms with Crippen LogP contribution in [0.4, 0.5) is 5.13 Å². The number of sulfonamides is 1. The van der Waals surface area contributed by atoms with Gasteiger partial charge in [0.05, 0.1) is 15.1 Å². The summed E-state index contributed by atoms with van der Waals surface area (Å²) < 4.78 is 28.3. The lowest BCUT2D eigenvalue weighted by Gasteiger charge is -2.20. The first-order valence-electron chi connectivity index (χ1n) is 10.2. The van der Waals surface area contributed by atoms with Crippen molar-refractivity contribution in [3.8, 4) is 0 Å². The Labute approximate surface area is 182 Å². The van der Waals surface area contributed by atoms with Crippen LogP contribution in [0.25, 0.3) is 10.2 Å². The zero-order chi connectivity index (χ0) is 21.7. The van der Waals surface area contributed by atoms with Crippen LogP contribution in [0.2, 0.25) is 0 Å². The van der Waals surface area contributed by atoms with Crippen LogP contribution in [0.1, 0.15) is 49.5 Å². The Morgan fingerprint density at radius 3 is 2.30 bits per heavy atom. The lowest BCUT2D eigenvalue weighted by molar-refractivity contribution is 0.102. The highest BCUT2D eigenvalue weighted by molar-refractivity contribution is 7.89. The molecule has 0 atom stereocenters. The number of nitrogens with one attached hydrogen (secondary N) is 1. The van der Waals surface area contributed by atoms with Gasteiger partial charge in [-0.05, 0) is 55.2 Å². The molecule has 2 aromatic carbocycles. The maximum Gasteiger partial charge on any atom is 0.257 e. The molecule has 0 saturated heterocycles. The number of anilines is 1.